The number of rotatable bonds is 4. The Labute approximate surface area is 118 Å². The minimum Gasteiger partial charge on any atom is -0.481 e. The van der Waals surface area contributed by atoms with Crippen LogP contribution in [0.3, 0.4) is 0 Å². The first-order valence-electron chi connectivity index (χ1n) is 5.93. The molecule has 21 heavy (non-hydrogen) atoms. The maximum Gasteiger partial charge on any atom is 0.573 e. The second kappa shape index (κ2) is 6.01. The van der Waals surface area contributed by atoms with E-state index in [0.29, 0.717) is 16.7 Å². The molecule has 0 amide bonds. The van der Waals surface area contributed by atoms with Crippen LogP contribution in [0, 0.1) is 0 Å². The summed E-state index contributed by atoms with van der Waals surface area (Å²) in [7, 11) is 1.42. The van der Waals surface area contributed by atoms with Gasteiger partial charge in [0, 0.05) is 17.3 Å². The Morgan fingerprint density at radius 2 is 1.95 bits per heavy atom. The van der Waals surface area contributed by atoms with Crippen molar-refractivity contribution in [3.05, 3.63) is 42.1 Å². The fourth-order valence-electron chi connectivity index (χ4n) is 1.83. The quantitative estimate of drug-likeness (QED) is 0.942. The van der Waals surface area contributed by atoms with Crippen LogP contribution < -0.4 is 9.47 Å². The summed E-state index contributed by atoms with van der Waals surface area (Å²) >= 11 is 0. The number of hydrogen-bond donors (Lipinski definition) is 1. The van der Waals surface area contributed by atoms with Gasteiger partial charge in [-0.25, -0.2) is 4.98 Å². The Morgan fingerprint density at radius 3 is 2.57 bits per heavy atom. The van der Waals surface area contributed by atoms with Crippen molar-refractivity contribution in [2.24, 2.45) is 0 Å². The summed E-state index contributed by atoms with van der Waals surface area (Å²) in [4.78, 5) is 4.00. The Hall–Kier alpha value is -2.28. The molecule has 4 nitrogen and oxygen atoms in total. The van der Waals surface area contributed by atoms with Crippen molar-refractivity contribution in [1.29, 1.82) is 0 Å². The van der Waals surface area contributed by atoms with Gasteiger partial charge in [0.05, 0.1) is 13.7 Å². The van der Waals surface area contributed by atoms with Gasteiger partial charge >= 0.3 is 6.36 Å². The van der Waals surface area contributed by atoms with E-state index in [9.17, 15) is 18.3 Å². The first-order chi connectivity index (χ1) is 9.93. The molecule has 0 saturated heterocycles. The lowest BCUT2D eigenvalue weighted by molar-refractivity contribution is -0.274. The van der Waals surface area contributed by atoms with Crippen LogP contribution in [-0.2, 0) is 6.61 Å². The van der Waals surface area contributed by atoms with E-state index in [-0.39, 0.29) is 18.2 Å². The fourth-order valence-corrected chi connectivity index (χ4v) is 1.83. The lowest BCUT2D eigenvalue weighted by Crippen LogP contribution is -2.17. The minimum atomic E-state index is -4.74. The predicted octanol–water partition coefficient (Wildman–Crippen LogP) is 3.15. The summed E-state index contributed by atoms with van der Waals surface area (Å²) in [6.45, 7) is -0.289. The average Bonchev–Trinajstić information content (AvgIpc) is 2.45. The van der Waals surface area contributed by atoms with Crippen molar-refractivity contribution in [3.63, 3.8) is 0 Å². The summed E-state index contributed by atoms with van der Waals surface area (Å²) in [6.07, 6.45) is -3.29. The summed E-state index contributed by atoms with van der Waals surface area (Å²) in [5.41, 5.74) is 1.48. The molecular formula is C14H12F3NO3. The SMILES string of the molecule is COc1ncc(-c2cccc(OC(F)(F)F)c2)cc1CO. The number of hydrogen-bond acceptors (Lipinski definition) is 4. The minimum absolute atomic E-state index is 0.268. The number of ether oxygens (including phenoxy) is 2. The molecule has 2 rings (SSSR count). The topological polar surface area (TPSA) is 51.6 Å². The van der Waals surface area contributed by atoms with Crippen molar-refractivity contribution < 1.29 is 27.8 Å². The van der Waals surface area contributed by atoms with Crippen molar-refractivity contribution in [1.82, 2.24) is 4.98 Å². The maximum absolute atomic E-state index is 12.2. The molecule has 0 unspecified atom stereocenters. The number of methoxy groups -OCH3 is 1. The van der Waals surface area contributed by atoms with Gasteiger partial charge in [-0.2, -0.15) is 0 Å². The van der Waals surface area contributed by atoms with Crippen LogP contribution in [0.25, 0.3) is 11.1 Å². The van der Waals surface area contributed by atoms with Crippen molar-refractivity contribution in [3.8, 4) is 22.8 Å². The summed E-state index contributed by atoms with van der Waals surface area (Å²) in [6, 6.07) is 7.12. The zero-order valence-corrected chi connectivity index (χ0v) is 11.0. The van der Waals surface area contributed by atoms with Crippen LogP contribution in [0.5, 0.6) is 11.6 Å². The molecule has 0 atom stereocenters. The lowest BCUT2D eigenvalue weighted by Gasteiger charge is -2.11. The molecule has 0 spiro atoms. The molecule has 0 fully saturated rings. The number of pyridine rings is 1. The number of nitrogens with zero attached hydrogens (tertiary/aromatic N) is 1. The number of halogens is 3. The first-order valence-corrected chi connectivity index (χ1v) is 5.93. The molecule has 0 aliphatic carbocycles. The van der Waals surface area contributed by atoms with E-state index in [2.05, 4.69) is 9.72 Å². The highest BCUT2D eigenvalue weighted by Gasteiger charge is 2.31. The zero-order chi connectivity index (χ0) is 15.5. The zero-order valence-electron chi connectivity index (χ0n) is 11.0. The van der Waals surface area contributed by atoms with Gasteiger partial charge in [0.2, 0.25) is 5.88 Å². The van der Waals surface area contributed by atoms with E-state index in [1.54, 1.807) is 12.1 Å². The largest absolute Gasteiger partial charge is 0.573 e. The first kappa shape index (κ1) is 15.1. The summed E-state index contributed by atoms with van der Waals surface area (Å²) < 4.78 is 45.5. The Morgan fingerprint density at radius 1 is 1.19 bits per heavy atom. The fraction of sp³-hybridized carbons (Fsp3) is 0.214. The second-order valence-electron chi connectivity index (χ2n) is 4.13. The number of aliphatic hydroxyl groups excluding tert-OH is 1. The lowest BCUT2D eigenvalue weighted by atomic mass is 10.1. The van der Waals surface area contributed by atoms with Crippen LogP contribution in [0.2, 0.25) is 0 Å². The van der Waals surface area contributed by atoms with E-state index in [1.165, 1.54) is 31.5 Å². The summed E-state index contributed by atoms with van der Waals surface area (Å²) in [5.74, 6) is -0.0506. The monoisotopic (exact) mass is 299 g/mol. The van der Waals surface area contributed by atoms with Crippen LogP contribution >= 0.6 is 0 Å². The van der Waals surface area contributed by atoms with E-state index in [4.69, 9.17) is 4.74 Å². The van der Waals surface area contributed by atoms with Crippen molar-refractivity contribution in [2.75, 3.05) is 7.11 Å². The van der Waals surface area contributed by atoms with Crippen LogP contribution in [0.15, 0.2) is 36.5 Å². The van der Waals surface area contributed by atoms with Gasteiger partial charge in [0.25, 0.3) is 0 Å². The van der Waals surface area contributed by atoms with E-state index >= 15 is 0 Å². The van der Waals surface area contributed by atoms with Gasteiger partial charge in [-0.15, -0.1) is 13.2 Å². The molecular weight excluding hydrogens is 287 g/mol. The summed E-state index contributed by atoms with van der Waals surface area (Å²) in [5, 5.41) is 9.23. The molecule has 7 heteroatoms. The third kappa shape index (κ3) is 3.85. The molecule has 0 aliphatic rings. The molecule has 1 aromatic carbocycles. The number of benzene rings is 1. The molecule has 1 heterocycles. The van der Waals surface area contributed by atoms with Gasteiger partial charge in [-0.05, 0) is 23.8 Å². The van der Waals surface area contributed by atoms with Gasteiger partial charge < -0.3 is 14.6 Å². The molecule has 1 N–H and O–H groups in total. The highest BCUT2D eigenvalue weighted by molar-refractivity contribution is 5.65. The van der Waals surface area contributed by atoms with Gasteiger partial charge in [0.1, 0.15) is 5.75 Å². The normalized spacial score (nSPS) is 11.3. The Bertz CT molecular complexity index is 629. The third-order valence-electron chi connectivity index (χ3n) is 2.69. The van der Waals surface area contributed by atoms with Crippen molar-refractivity contribution in [2.45, 2.75) is 13.0 Å². The Kier molecular flexibility index (Phi) is 4.32. The van der Waals surface area contributed by atoms with Gasteiger partial charge in [-0.1, -0.05) is 12.1 Å². The highest BCUT2D eigenvalue weighted by atomic mass is 19.4. The van der Waals surface area contributed by atoms with E-state index in [1.807, 2.05) is 0 Å². The van der Waals surface area contributed by atoms with Gasteiger partial charge in [-0.3, -0.25) is 0 Å². The highest BCUT2D eigenvalue weighted by Crippen LogP contribution is 2.29. The average molecular weight is 299 g/mol. The smallest absolute Gasteiger partial charge is 0.481 e. The standard InChI is InChI=1S/C14H12F3NO3/c1-20-13-11(8-19)5-10(7-18-13)9-3-2-4-12(6-9)21-14(15,16)17/h2-7,19H,8H2,1H3. The number of aromatic nitrogens is 1. The number of aliphatic hydroxyl groups is 1. The Balaban J connectivity index is 2.36. The molecule has 0 aliphatic heterocycles. The third-order valence-corrected chi connectivity index (χ3v) is 2.69. The molecule has 1 aromatic heterocycles. The van der Waals surface area contributed by atoms with Crippen LogP contribution in [-0.4, -0.2) is 23.6 Å². The van der Waals surface area contributed by atoms with Crippen LogP contribution in [0.4, 0.5) is 13.2 Å². The predicted molar refractivity (Wildman–Crippen MR) is 68.8 cm³/mol. The molecule has 0 saturated carbocycles. The second-order valence-corrected chi connectivity index (χ2v) is 4.13. The maximum atomic E-state index is 12.2. The van der Waals surface area contributed by atoms with E-state index in [0.717, 1.165) is 0 Å². The molecule has 0 bridgehead atoms. The van der Waals surface area contributed by atoms with Crippen molar-refractivity contribution >= 4 is 0 Å². The van der Waals surface area contributed by atoms with Crippen LogP contribution in [0.1, 0.15) is 5.56 Å². The number of alkyl halides is 3. The van der Waals surface area contributed by atoms with Gasteiger partial charge in [0.15, 0.2) is 0 Å². The molecule has 0 radical (unpaired) electrons. The van der Waals surface area contributed by atoms with E-state index < -0.39 is 6.36 Å². The molecule has 2 aromatic rings. The molecule has 112 valence electrons.